The maximum atomic E-state index is 13.1. The molecule has 0 aliphatic carbocycles. The Kier molecular flexibility index (Phi) is 4.91. The first-order valence-electron chi connectivity index (χ1n) is 6.21. The van der Waals surface area contributed by atoms with Gasteiger partial charge >= 0.3 is 0 Å². The van der Waals surface area contributed by atoms with E-state index in [4.69, 9.17) is 11.0 Å². The number of thioether (sulfide) groups is 1. The third-order valence-corrected chi connectivity index (χ3v) is 3.58. The van der Waals surface area contributed by atoms with Crippen molar-refractivity contribution in [1.29, 1.82) is 5.26 Å². The molecule has 3 N–H and O–H groups in total. The number of halogens is 1. The summed E-state index contributed by atoms with van der Waals surface area (Å²) in [6.07, 6.45) is 1.30. The molecule has 0 fully saturated rings. The lowest BCUT2D eigenvalue weighted by Crippen LogP contribution is -2.15. The van der Waals surface area contributed by atoms with Crippen LogP contribution >= 0.6 is 11.8 Å². The number of amides is 1. The molecule has 0 aliphatic rings. The zero-order valence-corrected chi connectivity index (χ0v) is 12.4. The van der Waals surface area contributed by atoms with Crippen LogP contribution < -0.4 is 11.1 Å². The Bertz CT molecular complexity index is 759. The van der Waals surface area contributed by atoms with Crippen molar-refractivity contribution in [2.75, 3.05) is 16.8 Å². The van der Waals surface area contributed by atoms with Gasteiger partial charge in [-0.25, -0.2) is 14.4 Å². The molecule has 2 aromatic rings. The van der Waals surface area contributed by atoms with Crippen molar-refractivity contribution in [3.8, 4) is 6.07 Å². The molecule has 1 heterocycles. The van der Waals surface area contributed by atoms with Gasteiger partial charge < -0.3 is 11.1 Å². The average molecular weight is 317 g/mol. The number of hydrogen-bond acceptors (Lipinski definition) is 6. The fourth-order valence-electron chi connectivity index (χ4n) is 1.58. The molecule has 6 nitrogen and oxygen atoms in total. The van der Waals surface area contributed by atoms with Gasteiger partial charge in [-0.15, -0.1) is 0 Å². The molecule has 0 saturated carbocycles. The van der Waals surface area contributed by atoms with Crippen LogP contribution in [0.15, 0.2) is 29.6 Å². The molecule has 0 saturated heterocycles. The highest BCUT2D eigenvalue weighted by Crippen LogP contribution is 2.18. The Morgan fingerprint density at radius 1 is 1.55 bits per heavy atom. The molecule has 1 aromatic heterocycles. The van der Waals surface area contributed by atoms with Crippen LogP contribution in [0.3, 0.4) is 0 Å². The number of carbonyl (C=O) groups is 1. The quantitative estimate of drug-likeness (QED) is 0.661. The minimum Gasteiger partial charge on any atom is -0.382 e. The highest BCUT2D eigenvalue weighted by Gasteiger charge is 2.09. The van der Waals surface area contributed by atoms with E-state index in [0.717, 1.165) is 17.3 Å². The normalized spacial score (nSPS) is 10.0. The molecule has 112 valence electrons. The number of carbonyl (C=O) groups excluding carboxylic acids is 1. The van der Waals surface area contributed by atoms with E-state index in [9.17, 15) is 9.18 Å². The van der Waals surface area contributed by atoms with Gasteiger partial charge in [0.2, 0.25) is 5.91 Å². The van der Waals surface area contributed by atoms with E-state index in [0.29, 0.717) is 10.8 Å². The smallest absolute Gasteiger partial charge is 0.234 e. The zero-order chi connectivity index (χ0) is 16.1. The summed E-state index contributed by atoms with van der Waals surface area (Å²) < 4.78 is 13.1. The summed E-state index contributed by atoms with van der Waals surface area (Å²) >= 11 is 1.07. The molecule has 0 aliphatic heterocycles. The van der Waals surface area contributed by atoms with E-state index in [2.05, 4.69) is 15.3 Å². The molecule has 1 aromatic carbocycles. The Labute approximate surface area is 130 Å². The predicted octanol–water partition coefficient (Wildman–Crippen LogP) is 2.11. The minimum absolute atomic E-state index is 0.0429. The van der Waals surface area contributed by atoms with Crippen LogP contribution in [0.1, 0.15) is 11.1 Å². The highest BCUT2D eigenvalue weighted by atomic mass is 32.2. The summed E-state index contributed by atoms with van der Waals surface area (Å²) in [7, 11) is 0. The second-order valence-corrected chi connectivity index (χ2v) is 5.30. The van der Waals surface area contributed by atoms with E-state index in [1.54, 1.807) is 13.0 Å². The lowest BCUT2D eigenvalue weighted by atomic mass is 10.2. The molecule has 22 heavy (non-hydrogen) atoms. The first-order valence-corrected chi connectivity index (χ1v) is 7.19. The molecule has 0 radical (unpaired) electrons. The maximum absolute atomic E-state index is 13.1. The Hall–Kier alpha value is -2.66. The van der Waals surface area contributed by atoms with Gasteiger partial charge in [0, 0.05) is 5.69 Å². The number of nitriles is 1. The van der Waals surface area contributed by atoms with Gasteiger partial charge in [0.25, 0.3) is 0 Å². The summed E-state index contributed by atoms with van der Waals surface area (Å²) in [6, 6.07) is 6.03. The van der Waals surface area contributed by atoms with E-state index in [1.165, 1.54) is 18.3 Å². The third kappa shape index (κ3) is 3.93. The molecular formula is C14H12FN5OS. The molecule has 0 bridgehead atoms. The fraction of sp³-hybridized carbons (Fsp3) is 0.143. The number of aryl methyl sites for hydroxylation is 1. The fourth-order valence-corrected chi connectivity index (χ4v) is 2.20. The first kappa shape index (κ1) is 15.7. The van der Waals surface area contributed by atoms with Crippen LogP contribution in [-0.2, 0) is 4.79 Å². The van der Waals surface area contributed by atoms with Gasteiger partial charge in [-0.3, -0.25) is 4.79 Å². The Balaban J connectivity index is 1.97. The van der Waals surface area contributed by atoms with Crippen LogP contribution in [0.5, 0.6) is 0 Å². The Morgan fingerprint density at radius 3 is 3.00 bits per heavy atom. The monoisotopic (exact) mass is 317 g/mol. The van der Waals surface area contributed by atoms with Crippen molar-refractivity contribution in [1.82, 2.24) is 9.97 Å². The lowest BCUT2D eigenvalue weighted by molar-refractivity contribution is -0.113. The molecule has 1 amide bonds. The summed E-state index contributed by atoms with van der Waals surface area (Å²) in [5, 5.41) is 11.6. The Morgan fingerprint density at radius 2 is 2.32 bits per heavy atom. The number of rotatable bonds is 4. The van der Waals surface area contributed by atoms with Crippen molar-refractivity contribution in [3.63, 3.8) is 0 Å². The van der Waals surface area contributed by atoms with E-state index in [1.807, 2.05) is 6.07 Å². The molecule has 0 unspecified atom stereocenters. The van der Waals surface area contributed by atoms with E-state index in [-0.39, 0.29) is 23.0 Å². The van der Waals surface area contributed by atoms with Crippen LogP contribution in [0, 0.1) is 24.1 Å². The molecular weight excluding hydrogens is 305 g/mol. The lowest BCUT2D eigenvalue weighted by Gasteiger charge is -2.08. The topological polar surface area (TPSA) is 105 Å². The van der Waals surface area contributed by atoms with Gasteiger partial charge in [-0.1, -0.05) is 17.8 Å². The number of nitrogens with zero attached hydrogens (tertiary/aromatic N) is 3. The third-order valence-electron chi connectivity index (χ3n) is 2.72. The number of aromatic nitrogens is 2. The average Bonchev–Trinajstić information content (AvgIpc) is 2.49. The summed E-state index contributed by atoms with van der Waals surface area (Å²) in [5.41, 5.74) is 6.94. The van der Waals surface area contributed by atoms with Crippen LogP contribution in [0.25, 0.3) is 0 Å². The SMILES string of the molecule is Cc1ccc(F)cc1NC(=O)CSc1ncc(C#N)c(N)n1. The number of benzene rings is 1. The maximum Gasteiger partial charge on any atom is 0.234 e. The highest BCUT2D eigenvalue weighted by molar-refractivity contribution is 7.99. The standard InChI is InChI=1S/C14H12FN5OS/c1-8-2-3-10(15)4-11(8)19-12(21)7-22-14-18-6-9(5-16)13(17)20-14/h2-4,6H,7H2,1H3,(H,19,21)(H2,17,18,20). The number of nitrogen functional groups attached to an aromatic ring is 1. The number of nitrogens with one attached hydrogen (secondary N) is 1. The number of nitrogens with two attached hydrogens (primary N) is 1. The number of anilines is 2. The van der Waals surface area contributed by atoms with Gasteiger partial charge in [-0.05, 0) is 24.6 Å². The van der Waals surface area contributed by atoms with Gasteiger partial charge in [0.05, 0.1) is 11.9 Å². The molecule has 0 atom stereocenters. The second kappa shape index (κ2) is 6.87. The van der Waals surface area contributed by atoms with Gasteiger partial charge in [-0.2, -0.15) is 5.26 Å². The summed E-state index contributed by atoms with van der Waals surface area (Å²) in [5.74, 6) is -0.621. The van der Waals surface area contributed by atoms with Crippen molar-refractivity contribution < 1.29 is 9.18 Å². The van der Waals surface area contributed by atoms with Crippen molar-refractivity contribution in [2.45, 2.75) is 12.1 Å². The van der Waals surface area contributed by atoms with Crippen molar-refractivity contribution >= 4 is 29.2 Å². The molecule has 8 heteroatoms. The zero-order valence-electron chi connectivity index (χ0n) is 11.6. The molecule has 0 spiro atoms. The first-order chi connectivity index (χ1) is 10.5. The van der Waals surface area contributed by atoms with Gasteiger partial charge in [0.15, 0.2) is 5.16 Å². The number of hydrogen-bond donors (Lipinski definition) is 2. The molecule has 2 rings (SSSR count). The largest absolute Gasteiger partial charge is 0.382 e. The second-order valence-electron chi connectivity index (χ2n) is 4.36. The van der Waals surface area contributed by atoms with Crippen molar-refractivity contribution in [3.05, 3.63) is 41.3 Å². The van der Waals surface area contributed by atoms with E-state index < -0.39 is 5.82 Å². The van der Waals surface area contributed by atoms with Crippen molar-refractivity contribution in [2.24, 2.45) is 0 Å². The van der Waals surface area contributed by atoms with Crippen LogP contribution in [0.4, 0.5) is 15.9 Å². The van der Waals surface area contributed by atoms with E-state index >= 15 is 0 Å². The summed E-state index contributed by atoms with van der Waals surface area (Å²) in [6.45, 7) is 1.77. The van der Waals surface area contributed by atoms with Crippen LogP contribution in [0.2, 0.25) is 0 Å². The minimum atomic E-state index is -0.420. The van der Waals surface area contributed by atoms with Gasteiger partial charge in [0.1, 0.15) is 23.3 Å². The predicted molar refractivity (Wildman–Crippen MR) is 81.7 cm³/mol. The summed E-state index contributed by atoms with van der Waals surface area (Å²) in [4.78, 5) is 19.7. The van der Waals surface area contributed by atoms with Crippen LogP contribution in [-0.4, -0.2) is 21.6 Å².